The molecule has 0 atom stereocenters. The number of urea groups is 1. The van der Waals surface area contributed by atoms with Crippen LogP contribution in [0.25, 0.3) is 5.70 Å². The van der Waals surface area contributed by atoms with Crippen LogP contribution in [0.15, 0.2) is 54.4 Å². The third-order valence-corrected chi connectivity index (χ3v) is 3.52. The van der Waals surface area contributed by atoms with Crippen molar-refractivity contribution in [1.82, 2.24) is 10.2 Å². The fraction of sp³-hybridized carbons (Fsp3) is 0.176. The Morgan fingerprint density at radius 3 is 2.63 bits per heavy atom. The maximum Gasteiger partial charge on any atom is 0.405 e. The lowest BCUT2D eigenvalue weighted by Crippen LogP contribution is -2.36. The van der Waals surface area contributed by atoms with Gasteiger partial charge in [0.1, 0.15) is 6.54 Å². The van der Waals surface area contributed by atoms with E-state index in [-0.39, 0.29) is 17.8 Å². The summed E-state index contributed by atoms with van der Waals surface area (Å²) in [5.41, 5.74) is 7.22. The number of nitrogens with one attached hydrogen (secondary N) is 2. The molecule has 7 nitrogen and oxygen atoms in total. The molecule has 1 aromatic carbocycles. The topological polar surface area (TPSA) is 108 Å². The molecule has 1 heterocycles. The minimum Gasteiger partial charge on any atom is -0.478 e. The highest BCUT2D eigenvalue weighted by molar-refractivity contribution is 5.91. The second kappa shape index (κ2) is 8.30. The normalized spacial score (nSPS) is 14.6. The number of carboxylic acid groups (broad SMARTS) is 1. The van der Waals surface area contributed by atoms with E-state index in [9.17, 15) is 22.8 Å². The third-order valence-electron chi connectivity index (χ3n) is 3.52. The van der Waals surface area contributed by atoms with E-state index in [0.29, 0.717) is 11.3 Å². The fourth-order valence-electron chi connectivity index (χ4n) is 2.30. The lowest BCUT2D eigenvalue weighted by Gasteiger charge is -2.25. The number of carboxylic acids is 1. The predicted octanol–water partition coefficient (Wildman–Crippen LogP) is 2.47. The maximum atomic E-state index is 12.1. The van der Waals surface area contributed by atoms with Crippen LogP contribution in [-0.4, -0.2) is 41.3 Å². The monoisotopic (exact) mass is 382 g/mol. The zero-order valence-corrected chi connectivity index (χ0v) is 14.0. The molecule has 2 amide bonds. The van der Waals surface area contributed by atoms with Crippen LogP contribution in [0.4, 0.5) is 23.7 Å². The highest BCUT2D eigenvalue weighted by atomic mass is 19.4. The van der Waals surface area contributed by atoms with Crippen LogP contribution >= 0.6 is 0 Å². The molecule has 0 radical (unpaired) electrons. The first kappa shape index (κ1) is 19.9. The van der Waals surface area contributed by atoms with Crippen LogP contribution < -0.4 is 16.4 Å². The number of hydrogen-bond donors (Lipinski definition) is 4. The van der Waals surface area contributed by atoms with Crippen molar-refractivity contribution in [2.45, 2.75) is 6.18 Å². The largest absolute Gasteiger partial charge is 0.478 e. The summed E-state index contributed by atoms with van der Waals surface area (Å²) in [4.78, 5) is 24.2. The number of anilines is 1. The summed E-state index contributed by atoms with van der Waals surface area (Å²) in [6.07, 6.45) is 1.29. The average molecular weight is 382 g/mol. The first-order valence-corrected chi connectivity index (χ1v) is 7.72. The van der Waals surface area contributed by atoms with E-state index in [1.165, 1.54) is 30.5 Å². The minimum absolute atomic E-state index is 0.152. The number of nitrogens with two attached hydrogens (primary N) is 1. The molecule has 144 valence electrons. The van der Waals surface area contributed by atoms with Gasteiger partial charge >= 0.3 is 18.2 Å². The molecule has 1 aliphatic heterocycles. The molecule has 1 aliphatic rings. The Hall–Kier alpha value is -3.43. The lowest BCUT2D eigenvalue weighted by atomic mass is 10.1. The Kier molecular flexibility index (Phi) is 6.11. The first-order chi connectivity index (χ1) is 12.7. The second-order valence-corrected chi connectivity index (χ2v) is 5.49. The average Bonchev–Trinajstić information content (AvgIpc) is 2.61. The molecule has 5 N–H and O–H groups in total. The summed E-state index contributed by atoms with van der Waals surface area (Å²) in [5, 5.41) is 13.0. The number of carbonyl (C=O) groups is 2. The van der Waals surface area contributed by atoms with E-state index in [0.717, 1.165) is 0 Å². The summed E-state index contributed by atoms with van der Waals surface area (Å²) >= 11 is 0. The van der Waals surface area contributed by atoms with Crippen LogP contribution in [0.2, 0.25) is 0 Å². The number of halogens is 3. The van der Waals surface area contributed by atoms with Crippen LogP contribution in [0.5, 0.6) is 0 Å². The molecule has 10 heteroatoms. The van der Waals surface area contributed by atoms with E-state index in [1.807, 2.05) is 0 Å². The Morgan fingerprint density at radius 1 is 1.33 bits per heavy atom. The third kappa shape index (κ3) is 5.80. The van der Waals surface area contributed by atoms with Gasteiger partial charge in [0.25, 0.3) is 0 Å². The van der Waals surface area contributed by atoms with Gasteiger partial charge in [-0.3, -0.25) is 0 Å². The molecule has 0 saturated heterocycles. The molecule has 0 aromatic heterocycles. The molecular formula is C17H17F3N4O3. The molecule has 0 fully saturated rings. The van der Waals surface area contributed by atoms with Gasteiger partial charge in [-0.25, -0.2) is 9.59 Å². The van der Waals surface area contributed by atoms with Gasteiger partial charge in [-0.1, -0.05) is 18.2 Å². The van der Waals surface area contributed by atoms with Gasteiger partial charge in [0.15, 0.2) is 0 Å². The molecule has 2 rings (SSSR count). The van der Waals surface area contributed by atoms with Gasteiger partial charge in [-0.05, 0) is 18.2 Å². The van der Waals surface area contributed by atoms with Crippen molar-refractivity contribution < 1.29 is 27.9 Å². The quantitative estimate of drug-likeness (QED) is 0.626. The second-order valence-electron chi connectivity index (χ2n) is 5.49. The van der Waals surface area contributed by atoms with Gasteiger partial charge < -0.3 is 26.4 Å². The predicted molar refractivity (Wildman–Crippen MR) is 93.2 cm³/mol. The zero-order chi connectivity index (χ0) is 20.0. The Morgan fingerprint density at radius 2 is 2.07 bits per heavy atom. The van der Waals surface area contributed by atoms with Crippen molar-refractivity contribution in [1.29, 1.82) is 0 Å². The van der Waals surface area contributed by atoms with E-state index in [4.69, 9.17) is 10.8 Å². The number of nitrogens with zero attached hydrogens (tertiary/aromatic N) is 1. The number of hydrogen-bond acceptors (Lipinski definition) is 4. The summed E-state index contributed by atoms with van der Waals surface area (Å²) < 4.78 is 36.4. The number of alkyl halides is 3. The Balaban J connectivity index is 2.08. The van der Waals surface area contributed by atoms with Crippen molar-refractivity contribution in [2.75, 3.05) is 18.4 Å². The van der Waals surface area contributed by atoms with Crippen LogP contribution in [0.3, 0.4) is 0 Å². The molecule has 0 spiro atoms. The summed E-state index contributed by atoms with van der Waals surface area (Å²) in [5.74, 6) is -1.04. The number of rotatable bonds is 5. The van der Waals surface area contributed by atoms with E-state index >= 15 is 0 Å². The number of benzene rings is 1. The summed E-state index contributed by atoms with van der Waals surface area (Å²) in [7, 11) is 0. The van der Waals surface area contributed by atoms with E-state index in [1.54, 1.807) is 28.5 Å². The molecule has 27 heavy (non-hydrogen) atoms. The molecule has 1 aromatic rings. The molecule has 0 saturated carbocycles. The lowest BCUT2D eigenvalue weighted by molar-refractivity contribution is -0.132. The standard InChI is InChI=1S/C17H17F3N4O3/c18-17(19,20)10-22-16(27)23-13-3-1-2-12(8-13)14(9-21)24-6-4-11(5-7-24)15(25)26/h1-6,8-9H,7,10,21H2,(H,25,26)(H2,22,23,27)/b14-9-. The fourth-order valence-corrected chi connectivity index (χ4v) is 2.30. The van der Waals surface area contributed by atoms with Gasteiger partial charge in [0.2, 0.25) is 0 Å². The zero-order valence-electron chi connectivity index (χ0n) is 14.0. The van der Waals surface area contributed by atoms with Gasteiger partial charge in [0, 0.05) is 30.2 Å². The highest BCUT2D eigenvalue weighted by Gasteiger charge is 2.27. The number of carbonyl (C=O) groups excluding carboxylic acids is 1. The smallest absolute Gasteiger partial charge is 0.405 e. The van der Waals surface area contributed by atoms with Crippen molar-refractivity contribution >= 4 is 23.4 Å². The van der Waals surface area contributed by atoms with E-state index < -0.39 is 24.7 Å². The Bertz CT molecular complexity index is 816. The molecule has 0 aliphatic carbocycles. The summed E-state index contributed by atoms with van der Waals surface area (Å²) in [6.45, 7) is -1.17. The minimum atomic E-state index is -4.50. The SMILES string of the molecule is N/C=C(/c1cccc(NC(=O)NCC(F)(F)F)c1)N1C=CC(C(=O)O)=CC1. The van der Waals surface area contributed by atoms with Gasteiger partial charge in [0.05, 0.1) is 11.3 Å². The summed E-state index contributed by atoms with van der Waals surface area (Å²) in [6, 6.07) is 5.36. The highest BCUT2D eigenvalue weighted by Crippen LogP contribution is 2.24. The van der Waals surface area contributed by atoms with Crippen molar-refractivity contribution in [3.8, 4) is 0 Å². The number of aliphatic carboxylic acids is 1. The Labute approximate surface area is 152 Å². The molecular weight excluding hydrogens is 365 g/mol. The first-order valence-electron chi connectivity index (χ1n) is 7.72. The van der Waals surface area contributed by atoms with Crippen LogP contribution in [-0.2, 0) is 4.79 Å². The van der Waals surface area contributed by atoms with Gasteiger partial charge in [-0.15, -0.1) is 0 Å². The van der Waals surface area contributed by atoms with Crippen molar-refractivity contribution in [3.63, 3.8) is 0 Å². The number of amides is 2. The van der Waals surface area contributed by atoms with Gasteiger partial charge in [-0.2, -0.15) is 13.2 Å². The molecule has 0 unspecified atom stereocenters. The van der Waals surface area contributed by atoms with E-state index in [2.05, 4.69) is 5.32 Å². The van der Waals surface area contributed by atoms with Crippen molar-refractivity contribution in [2.24, 2.45) is 5.73 Å². The maximum absolute atomic E-state index is 12.1. The van der Waals surface area contributed by atoms with Crippen LogP contribution in [0.1, 0.15) is 5.56 Å². The van der Waals surface area contributed by atoms with Crippen molar-refractivity contribution in [3.05, 3.63) is 60.0 Å². The molecule has 0 bridgehead atoms. The van der Waals surface area contributed by atoms with Crippen LogP contribution in [0, 0.1) is 0 Å².